The highest BCUT2D eigenvalue weighted by Gasteiger charge is 2.17. The summed E-state index contributed by atoms with van der Waals surface area (Å²) in [7, 11) is 0. The number of ether oxygens (including phenoxy) is 1. The van der Waals surface area contributed by atoms with E-state index in [1.165, 1.54) is 0 Å². The first-order chi connectivity index (χ1) is 8.85. The van der Waals surface area contributed by atoms with Crippen molar-refractivity contribution >= 4 is 22.7 Å². The van der Waals surface area contributed by atoms with E-state index < -0.39 is 11.7 Å². The Balaban J connectivity index is 2.32. The van der Waals surface area contributed by atoms with Crippen LogP contribution in [0.3, 0.4) is 0 Å². The van der Waals surface area contributed by atoms with Crippen LogP contribution in [0.1, 0.15) is 26.5 Å². The molecule has 0 aliphatic carbocycles. The second kappa shape index (κ2) is 4.88. The summed E-state index contributed by atoms with van der Waals surface area (Å²) in [5, 5.41) is 3.68. The van der Waals surface area contributed by atoms with Gasteiger partial charge in [0.05, 0.1) is 11.2 Å². The molecule has 0 bridgehead atoms. The van der Waals surface area contributed by atoms with Crippen LogP contribution in [0.5, 0.6) is 0 Å². The van der Waals surface area contributed by atoms with Crippen molar-refractivity contribution in [3.05, 3.63) is 36.0 Å². The maximum atomic E-state index is 11.8. The normalized spacial score (nSPS) is 11.4. The van der Waals surface area contributed by atoms with Crippen LogP contribution in [-0.2, 0) is 4.74 Å². The largest absolute Gasteiger partial charge is 0.444 e. The minimum atomic E-state index is -0.512. The van der Waals surface area contributed by atoms with Gasteiger partial charge in [-0.25, -0.2) is 4.79 Å². The third-order valence-electron chi connectivity index (χ3n) is 2.48. The fourth-order valence-electron chi connectivity index (χ4n) is 1.82. The fraction of sp³-hybridized carbons (Fsp3) is 0.333. The summed E-state index contributed by atoms with van der Waals surface area (Å²) in [4.78, 5) is 16.3. The zero-order valence-electron chi connectivity index (χ0n) is 11.7. The summed E-state index contributed by atoms with van der Waals surface area (Å²) in [5.41, 5.74) is 1.91. The van der Waals surface area contributed by atoms with E-state index in [0.717, 1.165) is 22.3 Å². The lowest BCUT2D eigenvalue weighted by atomic mass is 10.1. The van der Waals surface area contributed by atoms with Crippen molar-refractivity contribution in [2.24, 2.45) is 0 Å². The number of hydrogen-bond donors (Lipinski definition) is 1. The number of aryl methyl sites for hydroxylation is 1. The van der Waals surface area contributed by atoms with E-state index in [-0.39, 0.29) is 0 Å². The van der Waals surface area contributed by atoms with Crippen LogP contribution in [0.15, 0.2) is 30.3 Å². The van der Waals surface area contributed by atoms with Gasteiger partial charge in [-0.2, -0.15) is 0 Å². The summed E-state index contributed by atoms with van der Waals surface area (Å²) < 4.78 is 5.26. The molecular weight excluding hydrogens is 240 g/mol. The summed E-state index contributed by atoms with van der Waals surface area (Å²) in [5.74, 6) is 0. The van der Waals surface area contributed by atoms with Gasteiger partial charge < -0.3 is 4.74 Å². The van der Waals surface area contributed by atoms with Crippen molar-refractivity contribution in [1.82, 2.24) is 4.98 Å². The molecule has 1 heterocycles. The van der Waals surface area contributed by atoms with Crippen molar-refractivity contribution in [3.8, 4) is 0 Å². The van der Waals surface area contributed by atoms with Crippen molar-refractivity contribution < 1.29 is 9.53 Å². The van der Waals surface area contributed by atoms with Crippen LogP contribution in [0.25, 0.3) is 10.9 Å². The average Bonchev–Trinajstić information content (AvgIpc) is 2.25. The van der Waals surface area contributed by atoms with E-state index in [9.17, 15) is 4.79 Å². The number of nitrogens with zero attached hydrogens (tertiary/aromatic N) is 1. The Morgan fingerprint density at radius 3 is 2.63 bits per heavy atom. The van der Waals surface area contributed by atoms with Gasteiger partial charge in [-0.1, -0.05) is 18.2 Å². The van der Waals surface area contributed by atoms with Crippen LogP contribution in [0.4, 0.5) is 10.5 Å². The summed E-state index contributed by atoms with van der Waals surface area (Å²) in [6, 6.07) is 9.52. The Kier molecular flexibility index (Phi) is 3.42. The van der Waals surface area contributed by atoms with Crippen molar-refractivity contribution in [3.63, 3.8) is 0 Å². The number of anilines is 1. The number of hydrogen-bond acceptors (Lipinski definition) is 3. The first kappa shape index (κ1) is 13.3. The van der Waals surface area contributed by atoms with Crippen LogP contribution in [0.2, 0.25) is 0 Å². The van der Waals surface area contributed by atoms with E-state index in [0.29, 0.717) is 0 Å². The molecule has 1 aromatic carbocycles. The molecule has 0 saturated carbocycles. The second-order valence-corrected chi connectivity index (χ2v) is 5.46. The van der Waals surface area contributed by atoms with Gasteiger partial charge in [-0.05, 0) is 39.8 Å². The van der Waals surface area contributed by atoms with E-state index in [1.807, 2.05) is 58.0 Å². The topological polar surface area (TPSA) is 51.2 Å². The number of pyridine rings is 1. The fourth-order valence-corrected chi connectivity index (χ4v) is 1.82. The van der Waals surface area contributed by atoms with Gasteiger partial charge in [-0.15, -0.1) is 0 Å². The molecule has 4 nitrogen and oxygen atoms in total. The van der Waals surface area contributed by atoms with Gasteiger partial charge in [0, 0.05) is 11.1 Å². The Hall–Kier alpha value is -2.10. The molecule has 19 heavy (non-hydrogen) atoms. The minimum absolute atomic E-state index is 0.455. The number of amides is 1. The van der Waals surface area contributed by atoms with Crippen LogP contribution in [-0.4, -0.2) is 16.7 Å². The molecule has 0 saturated heterocycles. The van der Waals surface area contributed by atoms with Crippen LogP contribution < -0.4 is 5.32 Å². The van der Waals surface area contributed by atoms with Crippen molar-refractivity contribution in [2.75, 3.05) is 5.32 Å². The van der Waals surface area contributed by atoms with E-state index in [1.54, 1.807) is 0 Å². The molecule has 0 aliphatic rings. The van der Waals surface area contributed by atoms with Gasteiger partial charge in [0.15, 0.2) is 0 Å². The number of carbonyl (C=O) groups excluding carboxylic acids is 1. The molecule has 1 amide bonds. The van der Waals surface area contributed by atoms with Gasteiger partial charge in [-0.3, -0.25) is 10.3 Å². The monoisotopic (exact) mass is 258 g/mol. The molecule has 0 spiro atoms. The molecule has 0 aliphatic heterocycles. The SMILES string of the molecule is Cc1cc(NC(=O)OC(C)(C)C)c2ccccc2n1. The average molecular weight is 258 g/mol. The third-order valence-corrected chi connectivity index (χ3v) is 2.48. The highest BCUT2D eigenvalue weighted by molar-refractivity contribution is 5.98. The molecule has 0 atom stereocenters. The molecule has 4 heteroatoms. The summed E-state index contributed by atoms with van der Waals surface area (Å²) in [6.45, 7) is 7.40. The quantitative estimate of drug-likeness (QED) is 0.844. The van der Waals surface area contributed by atoms with Gasteiger partial charge in [0.2, 0.25) is 0 Å². The lowest BCUT2D eigenvalue weighted by Gasteiger charge is -2.20. The predicted molar refractivity (Wildman–Crippen MR) is 76.3 cm³/mol. The molecule has 100 valence electrons. The number of fused-ring (bicyclic) bond motifs is 1. The molecule has 2 aromatic rings. The van der Waals surface area contributed by atoms with Crippen molar-refractivity contribution in [1.29, 1.82) is 0 Å². The second-order valence-electron chi connectivity index (χ2n) is 5.46. The van der Waals surface area contributed by atoms with E-state index in [2.05, 4.69) is 10.3 Å². The molecule has 1 N–H and O–H groups in total. The molecule has 0 radical (unpaired) electrons. The van der Waals surface area contributed by atoms with E-state index in [4.69, 9.17) is 4.74 Å². The Bertz CT molecular complexity index is 615. The maximum Gasteiger partial charge on any atom is 0.412 e. The molecule has 0 unspecified atom stereocenters. The van der Waals surface area contributed by atoms with E-state index >= 15 is 0 Å². The Morgan fingerprint density at radius 1 is 1.26 bits per heavy atom. The maximum absolute atomic E-state index is 11.8. The smallest absolute Gasteiger partial charge is 0.412 e. The number of carbonyl (C=O) groups is 1. The molecule has 1 aromatic heterocycles. The zero-order chi connectivity index (χ0) is 14.0. The number of aromatic nitrogens is 1. The van der Waals surface area contributed by atoms with Gasteiger partial charge in [0.25, 0.3) is 0 Å². The summed E-state index contributed by atoms with van der Waals surface area (Å²) in [6.07, 6.45) is -0.455. The highest BCUT2D eigenvalue weighted by atomic mass is 16.6. The van der Waals surface area contributed by atoms with Crippen LogP contribution >= 0.6 is 0 Å². The molecule has 2 rings (SSSR count). The number of nitrogens with one attached hydrogen (secondary N) is 1. The number of rotatable bonds is 1. The lowest BCUT2D eigenvalue weighted by Crippen LogP contribution is -2.27. The predicted octanol–water partition coefficient (Wildman–Crippen LogP) is 3.89. The summed E-state index contributed by atoms with van der Waals surface area (Å²) >= 11 is 0. The standard InChI is InChI=1S/C15H18N2O2/c1-10-9-13(17-14(18)19-15(2,3)4)11-7-5-6-8-12(11)16-10/h5-9H,1-4H3,(H,16,17,18). The molecule has 0 fully saturated rings. The Morgan fingerprint density at radius 2 is 1.95 bits per heavy atom. The Labute approximate surface area is 112 Å². The first-order valence-electron chi connectivity index (χ1n) is 6.21. The highest BCUT2D eigenvalue weighted by Crippen LogP contribution is 2.23. The minimum Gasteiger partial charge on any atom is -0.444 e. The first-order valence-corrected chi connectivity index (χ1v) is 6.21. The van der Waals surface area contributed by atoms with Gasteiger partial charge in [0.1, 0.15) is 5.60 Å². The zero-order valence-corrected chi connectivity index (χ0v) is 11.7. The van der Waals surface area contributed by atoms with Gasteiger partial charge >= 0.3 is 6.09 Å². The number of benzene rings is 1. The van der Waals surface area contributed by atoms with Crippen molar-refractivity contribution in [2.45, 2.75) is 33.3 Å². The molecular formula is C15H18N2O2. The van der Waals surface area contributed by atoms with Crippen LogP contribution in [0, 0.1) is 6.92 Å². The third kappa shape index (κ3) is 3.44. The lowest BCUT2D eigenvalue weighted by molar-refractivity contribution is 0.0636. The number of para-hydroxylation sites is 1.